The first-order valence-corrected chi connectivity index (χ1v) is 13.6. The van der Waals surface area contributed by atoms with Gasteiger partial charge >= 0.3 is 0 Å². The number of aromatic nitrogens is 1. The van der Waals surface area contributed by atoms with E-state index in [1.165, 1.54) is 5.56 Å². The van der Waals surface area contributed by atoms with E-state index in [1.54, 1.807) is 11.0 Å². The molecule has 1 aliphatic heterocycles. The van der Waals surface area contributed by atoms with Gasteiger partial charge in [0.05, 0.1) is 0 Å². The highest BCUT2D eigenvalue weighted by molar-refractivity contribution is 5.97. The van der Waals surface area contributed by atoms with Gasteiger partial charge < -0.3 is 19.1 Å². The highest BCUT2D eigenvalue weighted by Gasteiger charge is 2.17. The molecule has 5 rings (SSSR count). The average Bonchev–Trinajstić information content (AvgIpc) is 3.63. The van der Waals surface area contributed by atoms with Crippen molar-refractivity contribution in [1.29, 1.82) is 0 Å². The van der Waals surface area contributed by atoms with Gasteiger partial charge in [-0.2, -0.15) is 0 Å². The third-order valence-corrected chi connectivity index (χ3v) is 7.26. The summed E-state index contributed by atoms with van der Waals surface area (Å²) >= 11 is 0. The Labute approximate surface area is 230 Å². The molecule has 200 valence electrons. The fourth-order valence-electron chi connectivity index (χ4n) is 4.93. The van der Waals surface area contributed by atoms with E-state index in [2.05, 4.69) is 12.1 Å². The zero-order valence-corrected chi connectivity index (χ0v) is 22.5. The molecule has 0 bridgehead atoms. The van der Waals surface area contributed by atoms with Crippen molar-refractivity contribution >= 4 is 28.8 Å². The quantitative estimate of drug-likeness (QED) is 0.257. The average molecular weight is 522 g/mol. The molecule has 0 radical (unpaired) electrons. The van der Waals surface area contributed by atoms with Crippen LogP contribution in [0.1, 0.15) is 29.5 Å². The number of carbonyl (C=O) groups excluding carboxylic acids is 2. The summed E-state index contributed by atoms with van der Waals surface area (Å²) in [5.41, 5.74) is 4.12. The summed E-state index contributed by atoms with van der Waals surface area (Å²) < 4.78 is 8.05. The van der Waals surface area contributed by atoms with Crippen LogP contribution in [-0.2, 0) is 29.2 Å². The van der Waals surface area contributed by atoms with Crippen LogP contribution in [-0.4, -0.2) is 52.9 Å². The molecule has 1 aliphatic rings. The van der Waals surface area contributed by atoms with Gasteiger partial charge in [0.15, 0.2) is 0 Å². The van der Waals surface area contributed by atoms with Crippen molar-refractivity contribution in [3.63, 3.8) is 0 Å². The summed E-state index contributed by atoms with van der Waals surface area (Å²) in [7, 11) is 1.85. The van der Waals surface area contributed by atoms with Crippen LogP contribution in [0.3, 0.4) is 0 Å². The Bertz CT molecular complexity index is 1440. The van der Waals surface area contributed by atoms with E-state index in [0.29, 0.717) is 13.2 Å². The standard InChI is InChI=1S/C33H35N3O3/c1-34(21-18-26-10-4-2-5-11-26)33(38)24-36-23-28(14-17-32(37)35-19-8-9-20-35)30-22-29(15-16-31(30)36)39-25-27-12-6-3-7-13-27/h2-7,10-17,22-23H,8-9,18-21,24-25H2,1H3. The minimum atomic E-state index is 0.0293. The molecule has 0 saturated carbocycles. The molecule has 39 heavy (non-hydrogen) atoms. The molecule has 0 unspecified atom stereocenters. The van der Waals surface area contributed by atoms with Gasteiger partial charge in [0.1, 0.15) is 18.9 Å². The van der Waals surface area contributed by atoms with Crippen LogP contribution in [0.2, 0.25) is 0 Å². The molecule has 4 aromatic rings. The number of carbonyl (C=O) groups is 2. The van der Waals surface area contributed by atoms with Crippen LogP contribution in [0, 0.1) is 0 Å². The van der Waals surface area contributed by atoms with Gasteiger partial charge in [-0.05, 0) is 54.7 Å². The van der Waals surface area contributed by atoms with Crippen LogP contribution in [0.25, 0.3) is 17.0 Å². The molecule has 6 nitrogen and oxygen atoms in total. The molecule has 3 aromatic carbocycles. The van der Waals surface area contributed by atoms with E-state index < -0.39 is 0 Å². The van der Waals surface area contributed by atoms with Gasteiger partial charge in [-0.25, -0.2) is 0 Å². The van der Waals surface area contributed by atoms with Gasteiger partial charge in [-0.1, -0.05) is 60.7 Å². The number of fused-ring (bicyclic) bond motifs is 1. The lowest BCUT2D eigenvalue weighted by molar-refractivity contribution is -0.130. The summed E-state index contributed by atoms with van der Waals surface area (Å²) in [6.45, 7) is 2.96. The van der Waals surface area contributed by atoms with Gasteiger partial charge in [0.2, 0.25) is 11.8 Å². The second-order valence-corrected chi connectivity index (χ2v) is 10.1. The molecule has 0 aliphatic carbocycles. The molecule has 0 spiro atoms. The van der Waals surface area contributed by atoms with Gasteiger partial charge in [-0.15, -0.1) is 0 Å². The third-order valence-electron chi connectivity index (χ3n) is 7.26. The highest BCUT2D eigenvalue weighted by Crippen LogP contribution is 2.28. The van der Waals surface area contributed by atoms with Crippen molar-refractivity contribution in [3.8, 4) is 5.75 Å². The number of ether oxygens (including phenoxy) is 1. The first kappa shape index (κ1) is 26.3. The molecule has 1 aromatic heterocycles. The number of hydrogen-bond acceptors (Lipinski definition) is 3. The summed E-state index contributed by atoms with van der Waals surface area (Å²) in [6, 6.07) is 26.2. The topological polar surface area (TPSA) is 54.8 Å². The number of benzene rings is 3. The number of rotatable bonds is 10. The lowest BCUT2D eigenvalue weighted by Crippen LogP contribution is -2.31. The van der Waals surface area contributed by atoms with E-state index in [1.807, 2.05) is 95.5 Å². The van der Waals surface area contributed by atoms with Crippen molar-refractivity contribution in [2.75, 3.05) is 26.7 Å². The Morgan fingerprint density at radius 3 is 2.33 bits per heavy atom. The molecule has 6 heteroatoms. The molecular formula is C33H35N3O3. The van der Waals surface area contributed by atoms with E-state index in [-0.39, 0.29) is 18.4 Å². The molecule has 0 N–H and O–H groups in total. The molecule has 2 amide bonds. The number of likely N-dealkylation sites (tertiary alicyclic amines) is 1. The van der Waals surface area contributed by atoms with Gasteiger partial charge in [-0.3, -0.25) is 9.59 Å². The predicted molar refractivity (Wildman–Crippen MR) is 155 cm³/mol. The fourth-order valence-corrected chi connectivity index (χ4v) is 4.93. The first-order valence-electron chi connectivity index (χ1n) is 13.6. The van der Waals surface area contributed by atoms with E-state index >= 15 is 0 Å². The van der Waals surface area contributed by atoms with E-state index in [0.717, 1.165) is 60.1 Å². The first-order chi connectivity index (χ1) is 19.1. The number of hydrogen-bond donors (Lipinski definition) is 0. The van der Waals surface area contributed by atoms with Gasteiger partial charge in [0, 0.05) is 55.4 Å². The Morgan fingerprint density at radius 1 is 0.923 bits per heavy atom. The minimum absolute atomic E-state index is 0.0293. The summed E-state index contributed by atoms with van der Waals surface area (Å²) in [4.78, 5) is 29.5. The van der Waals surface area contributed by atoms with E-state index in [4.69, 9.17) is 4.74 Å². The molecule has 2 heterocycles. The summed E-state index contributed by atoms with van der Waals surface area (Å²) in [6.07, 6.45) is 8.40. The Balaban J connectivity index is 1.35. The monoisotopic (exact) mass is 521 g/mol. The normalized spacial score (nSPS) is 13.3. The minimum Gasteiger partial charge on any atom is -0.489 e. The van der Waals surface area contributed by atoms with Crippen molar-refractivity contribution < 1.29 is 14.3 Å². The predicted octanol–water partition coefficient (Wildman–Crippen LogP) is 5.56. The van der Waals surface area contributed by atoms with Crippen molar-refractivity contribution in [2.24, 2.45) is 0 Å². The molecule has 1 saturated heterocycles. The Hall–Kier alpha value is -4.32. The van der Waals surface area contributed by atoms with Crippen molar-refractivity contribution in [1.82, 2.24) is 14.4 Å². The number of amides is 2. The lowest BCUT2D eigenvalue weighted by Gasteiger charge is -2.18. The molecule has 1 fully saturated rings. The van der Waals surface area contributed by atoms with Crippen LogP contribution in [0.5, 0.6) is 5.75 Å². The maximum Gasteiger partial charge on any atom is 0.246 e. The van der Waals surface area contributed by atoms with Crippen LogP contribution < -0.4 is 4.74 Å². The van der Waals surface area contributed by atoms with E-state index in [9.17, 15) is 9.59 Å². The maximum atomic E-state index is 13.2. The second-order valence-electron chi connectivity index (χ2n) is 10.1. The van der Waals surface area contributed by atoms with Crippen molar-refractivity contribution in [3.05, 3.63) is 108 Å². The maximum absolute atomic E-state index is 13.2. The Morgan fingerprint density at radius 2 is 1.62 bits per heavy atom. The SMILES string of the molecule is CN(CCc1ccccc1)C(=O)Cn1cc(C=CC(=O)N2CCCC2)c2cc(OCc3ccccc3)ccc21. The van der Waals surface area contributed by atoms with Gasteiger partial charge in [0.25, 0.3) is 0 Å². The summed E-state index contributed by atoms with van der Waals surface area (Å²) in [5, 5.41) is 0.950. The Kier molecular flexibility index (Phi) is 8.42. The number of likely N-dealkylation sites (N-methyl/N-ethyl adjacent to an activating group) is 1. The number of nitrogens with zero attached hydrogens (tertiary/aromatic N) is 3. The molecule has 0 atom stereocenters. The fraction of sp³-hybridized carbons (Fsp3) is 0.273. The van der Waals surface area contributed by atoms with Crippen LogP contribution >= 0.6 is 0 Å². The smallest absolute Gasteiger partial charge is 0.246 e. The zero-order chi connectivity index (χ0) is 27.0. The lowest BCUT2D eigenvalue weighted by atomic mass is 10.1. The van der Waals surface area contributed by atoms with Crippen LogP contribution in [0.15, 0.2) is 91.1 Å². The second kappa shape index (κ2) is 12.5. The molecular weight excluding hydrogens is 486 g/mol. The zero-order valence-electron chi connectivity index (χ0n) is 22.5. The third kappa shape index (κ3) is 6.77. The highest BCUT2D eigenvalue weighted by atomic mass is 16.5. The van der Waals surface area contributed by atoms with Crippen LogP contribution in [0.4, 0.5) is 0 Å². The van der Waals surface area contributed by atoms with Crippen molar-refractivity contribution in [2.45, 2.75) is 32.4 Å². The largest absolute Gasteiger partial charge is 0.489 e. The summed E-state index contributed by atoms with van der Waals surface area (Å²) in [5.74, 6) is 0.813.